The van der Waals surface area contributed by atoms with Crippen LogP contribution in [0.5, 0.6) is 0 Å². The molecule has 3 nitrogen and oxygen atoms in total. The molecule has 2 rings (SSSR count). The van der Waals surface area contributed by atoms with Crippen LogP contribution in [0, 0.1) is 5.92 Å². The topological polar surface area (TPSA) is 38.3 Å². The van der Waals surface area contributed by atoms with Gasteiger partial charge in [-0.25, -0.2) is 0 Å². The van der Waals surface area contributed by atoms with Gasteiger partial charge < -0.3 is 10.1 Å². The summed E-state index contributed by atoms with van der Waals surface area (Å²) in [6, 6.07) is 0. The summed E-state index contributed by atoms with van der Waals surface area (Å²) in [7, 11) is 0. The van der Waals surface area contributed by atoms with Crippen molar-refractivity contribution in [2.75, 3.05) is 13.2 Å². The Morgan fingerprint density at radius 3 is 3.33 bits per heavy atom. The smallest absolute Gasteiger partial charge is 0.225 e. The van der Waals surface area contributed by atoms with Crippen molar-refractivity contribution in [2.24, 2.45) is 5.92 Å². The Balaban J connectivity index is 2.15. The molecule has 2 fully saturated rings. The maximum Gasteiger partial charge on any atom is 0.225 e. The lowest BCUT2D eigenvalue weighted by Gasteiger charge is -2.00. The zero-order valence-corrected chi connectivity index (χ0v) is 5.09. The lowest BCUT2D eigenvalue weighted by atomic mass is 10.1. The maximum absolute atomic E-state index is 10.9. The highest BCUT2D eigenvalue weighted by Gasteiger charge is 2.38. The molecule has 2 aliphatic heterocycles. The molecule has 0 bridgehead atoms. The predicted molar refractivity (Wildman–Crippen MR) is 30.9 cm³/mol. The average Bonchev–Trinajstić information content (AvgIpc) is 2.35. The van der Waals surface area contributed by atoms with Gasteiger partial charge in [-0.1, -0.05) is 0 Å². The molecule has 2 atom stereocenters. The zero-order valence-electron chi connectivity index (χ0n) is 5.09. The first-order valence-electron chi connectivity index (χ1n) is 3.27. The monoisotopic (exact) mass is 127 g/mol. The van der Waals surface area contributed by atoms with Crippen molar-refractivity contribution in [1.82, 2.24) is 5.32 Å². The van der Waals surface area contributed by atoms with Crippen LogP contribution in [0.4, 0.5) is 0 Å². The van der Waals surface area contributed by atoms with E-state index in [1.54, 1.807) is 0 Å². The highest BCUT2D eigenvalue weighted by atomic mass is 16.5. The van der Waals surface area contributed by atoms with Crippen LogP contribution >= 0.6 is 0 Å². The number of fused-ring (bicyclic) bond motifs is 1. The van der Waals surface area contributed by atoms with Crippen LogP contribution in [0.3, 0.4) is 0 Å². The molecule has 0 aromatic rings. The van der Waals surface area contributed by atoms with Gasteiger partial charge in [-0.15, -0.1) is 0 Å². The van der Waals surface area contributed by atoms with Crippen molar-refractivity contribution in [2.45, 2.75) is 12.5 Å². The number of carbonyl (C=O) groups is 1. The van der Waals surface area contributed by atoms with E-state index in [0.717, 1.165) is 19.6 Å². The summed E-state index contributed by atoms with van der Waals surface area (Å²) in [5, 5.41) is 2.76. The van der Waals surface area contributed by atoms with Gasteiger partial charge in [-0.3, -0.25) is 4.79 Å². The normalized spacial score (nSPS) is 40.7. The fourth-order valence-electron chi connectivity index (χ4n) is 1.48. The standard InChI is InChI=1S/C6H9NO2/c8-6-4-1-2-9-5(4)3-7-6/h4-5H,1-3H2,(H,7,8)/t4-,5-/m0/s1. The number of hydrogen-bond acceptors (Lipinski definition) is 2. The molecule has 0 aromatic heterocycles. The summed E-state index contributed by atoms with van der Waals surface area (Å²) in [4.78, 5) is 10.9. The summed E-state index contributed by atoms with van der Waals surface area (Å²) in [5.41, 5.74) is 0. The Morgan fingerprint density at radius 1 is 1.67 bits per heavy atom. The Bertz CT molecular complexity index is 146. The zero-order chi connectivity index (χ0) is 6.27. The van der Waals surface area contributed by atoms with Gasteiger partial charge in [0.2, 0.25) is 5.91 Å². The van der Waals surface area contributed by atoms with E-state index >= 15 is 0 Å². The van der Waals surface area contributed by atoms with Crippen LogP contribution in [0.1, 0.15) is 6.42 Å². The third-order valence-corrected chi connectivity index (χ3v) is 2.02. The number of amides is 1. The quantitative estimate of drug-likeness (QED) is 0.477. The lowest BCUT2D eigenvalue weighted by Crippen LogP contribution is -2.18. The molecule has 0 unspecified atom stereocenters. The van der Waals surface area contributed by atoms with E-state index in [4.69, 9.17) is 4.74 Å². The van der Waals surface area contributed by atoms with Gasteiger partial charge in [0.15, 0.2) is 0 Å². The van der Waals surface area contributed by atoms with Gasteiger partial charge >= 0.3 is 0 Å². The minimum atomic E-state index is 0.171. The van der Waals surface area contributed by atoms with Crippen molar-refractivity contribution < 1.29 is 9.53 Å². The molecule has 0 spiro atoms. The van der Waals surface area contributed by atoms with E-state index in [1.165, 1.54) is 0 Å². The molecule has 0 aromatic carbocycles. The lowest BCUT2D eigenvalue weighted by molar-refractivity contribution is -0.122. The number of hydrogen-bond donors (Lipinski definition) is 1. The maximum atomic E-state index is 10.9. The highest BCUT2D eigenvalue weighted by molar-refractivity contribution is 5.81. The van der Waals surface area contributed by atoms with Crippen LogP contribution in [0.15, 0.2) is 0 Å². The van der Waals surface area contributed by atoms with Gasteiger partial charge in [0.25, 0.3) is 0 Å². The summed E-state index contributed by atoms with van der Waals surface area (Å²) < 4.78 is 5.26. The fraction of sp³-hybridized carbons (Fsp3) is 0.833. The van der Waals surface area contributed by atoms with Gasteiger partial charge in [0.1, 0.15) is 0 Å². The predicted octanol–water partition coefficient (Wildman–Crippen LogP) is -0.479. The Kier molecular flexibility index (Phi) is 0.990. The van der Waals surface area contributed by atoms with E-state index in [2.05, 4.69) is 5.32 Å². The van der Waals surface area contributed by atoms with Crippen molar-refractivity contribution in [3.63, 3.8) is 0 Å². The Labute approximate surface area is 53.4 Å². The largest absolute Gasteiger partial charge is 0.376 e. The Hall–Kier alpha value is -0.570. The van der Waals surface area contributed by atoms with Crippen molar-refractivity contribution >= 4 is 5.91 Å². The SMILES string of the molecule is O=C1NC[C@@H]2OCC[C@H]12. The first kappa shape index (κ1) is 5.23. The minimum absolute atomic E-state index is 0.171. The van der Waals surface area contributed by atoms with Crippen molar-refractivity contribution in [3.8, 4) is 0 Å². The van der Waals surface area contributed by atoms with E-state index in [-0.39, 0.29) is 17.9 Å². The summed E-state index contributed by atoms with van der Waals surface area (Å²) in [6.07, 6.45) is 1.11. The molecule has 9 heavy (non-hydrogen) atoms. The number of carbonyl (C=O) groups excluding carboxylic acids is 1. The fourth-order valence-corrected chi connectivity index (χ4v) is 1.48. The van der Waals surface area contributed by atoms with Crippen LogP contribution in [-0.2, 0) is 9.53 Å². The first-order chi connectivity index (χ1) is 4.38. The van der Waals surface area contributed by atoms with Crippen LogP contribution < -0.4 is 5.32 Å². The van der Waals surface area contributed by atoms with E-state index in [9.17, 15) is 4.79 Å². The van der Waals surface area contributed by atoms with E-state index in [1.807, 2.05) is 0 Å². The van der Waals surface area contributed by atoms with Gasteiger partial charge in [-0.2, -0.15) is 0 Å². The summed E-state index contributed by atoms with van der Waals surface area (Å²) >= 11 is 0. The first-order valence-corrected chi connectivity index (χ1v) is 3.27. The summed E-state index contributed by atoms with van der Waals surface area (Å²) in [6.45, 7) is 1.49. The molecular weight excluding hydrogens is 118 g/mol. The van der Waals surface area contributed by atoms with Crippen LogP contribution in [0.25, 0.3) is 0 Å². The van der Waals surface area contributed by atoms with Crippen molar-refractivity contribution in [1.29, 1.82) is 0 Å². The van der Waals surface area contributed by atoms with Crippen LogP contribution in [0.2, 0.25) is 0 Å². The molecule has 0 saturated carbocycles. The highest BCUT2D eigenvalue weighted by Crippen LogP contribution is 2.24. The third kappa shape index (κ3) is 0.645. The van der Waals surface area contributed by atoms with Gasteiger partial charge in [-0.05, 0) is 6.42 Å². The molecule has 50 valence electrons. The number of rotatable bonds is 0. The Morgan fingerprint density at radius 2 is 2.56 bits per heavy atom. The molecule has 2 saturated heterocycles. The second-order valence-corrected chi connectivity index (χ2v) is 2.55. The molecule has 2 aliphatic rings. The van der Waals surface area contributed by atoms with Crippen LogP contribution in [-0.4, -0.2) is 25.2 Å². The average molecular weight is 127 g/mol. The number of ether oxygens (including phenoxy) is 1. The van der Waals surface area contributed by atoms with Gasteiger partial charge in [0, 0.05) is 13.2 Å². The molecule has 1 amide bonds. The minimum Gasteiger partial charge on any atom is -0.376 e. The molecular formula is C6H9NO2. The molecule has 0 radical (unpaired) electrons. The van der Waals surface area contributed by atoms with E-state index < -0.39 is 0 Å². The molecule has 0 aliphatic carbocycles. The second-order valence-electron chi connectivity index (χ2n) is 2.55. The third-order valence-electron chi connectivity index (χ3n) is 2.02. The van der Waals surface area contributed by atoms with Gasteiger partial charge in [0.05, 0.1) is 12.0 Å². The molecule has 2 heterocycles. The molecule has 1 N–H and O–H groups in total. The number of nitrogens with one attached hydrogen (secondary N) is 1. The molecule has 3 heteroatoms. The van der Waals surface area contributed by atoms with Crippen molar-refractivity contribution in [3.05, 3.63) is 0 Å². The second kappa shape index (κ2) is 1.70. The summed E-state index contributed by atoms with van der Waals surface area (Å²) in [5.74, 6) is 0.350. The van der Waals surface area contributed by atoms with E-state index in [0.29, 0.717) is 0 Å².